The summed E-state index contributed by atoms with van der Waals surface area (Å²) in [5.74, 6) is -0.292. The highest BCUT2D eigenvalue weighted by Gasteiger charge is 2.24. The smallest absolute Gasteiger partial charge is 0.257 e. The summed E-state index contributed by atoms with van der Waals surface area (Å²) in [6, 6.07) is 15.8. The van der Waals surface area contributed by atoms with E-state index in [9.17, 15) is 9.59 Å². The molecule has 0 N–H and O–H groups in total. The molecule has 31 heavy (non-hydrogen) atoms. The number of aryl methyl sites for hydroxylation is 2. The normalized spacial score (nSPS) is 10.7. The van der Waals surface area contributed by atoms with Crippen LogP contribution in [0.3, 0.4) is 0 Å². The molecule has 0 saturated carbocycles. The van der Waals surface area contributed by atoms with Crippen molar-refractivity contribution < 1.29 is 9.59 Å². The third kappa shape index (κ3) is 4.85. The molecule has 2 aromatic carbocycles. The molecule has 0 radical (unpaired) electrons. The molecule has 1 aromatic heterocycles. The number of aromatic nitrogens is 2. The van der Waals surface area contributed by atoms with Gasteiger partial charge in [-0.05, 0) is 57.0 Å². The van der Waals surface area contributed by atoms with Gasteiger partial charge in [-0.15, -0.1) is 0 Å². The molecule has 0 saturated heterocycles. The molecule has 0 bridgehead atoms. The quantitative estimate of drug-likeness (QED) is 0.581. The van der Waals surface area contributed by atoms with Crippen molar-refractivity contribution in [3.8, 4) is 16.9 Å². The average Bonchev–Trinajstić information content (AvgIpc) is 3.22. The van der Waals surface area contributed by atoms with Crippen molar-refractivity contribution in [2.24, 2.45) is 0 Å². The third-order valence-electron chi connectivity index (χ3n) is 5.58. The van der Waals surface area contributed by atoms with Crippen LogP contribution in [0.4, 0.5) is 0 Å². The summed E-state index contributed by atoms with van der Waals surface area (Å²) >= 11 is 0. The fourth-order valence-corrected chi connectivity index (χ4v) is 3.50. The topological polar surface area (TPSA) is 58.4 Å². The van der Waals surface area contributed by atoms with Crippen LogP contribution in [-0.2, 0) is 4.79 Å². The highest BCUT2D eigenvalue weighted by Crippen LogP contribution is 2.26. The fraction of sp³-hybridized carbons (Fsp3) is 0.320. The number of amides is 2. The van der Waals surface area contributed by atoms with Crippen molar-refractivity contribution in [2.75, 3.05) is 26.7 Å². The van der Waals surface area contributed by atoms with Crippen molar-refractivity contribution in [1.82, 2.24) is 19.6 Å². The monoisotopic (exact) mass is 418 g/mol. The molecule has 0 unspecified atom stereocenters. The van der Waals surface area contributed by atoms with Crippen molar-refractivity contribution in [3.05, 3.63) is 71.4 Å². The molecule has 0 atom stereocenters. The molecule has 6 heteroatoms. The van der Waals surface area contributed by atoms with Crippen LogP contribution in [0.25, 0.3) is 16.9 Å². The lowest BCUT2D eigenvalue weighted by Crippen LogP contribution is -2.41. The first-order valence-electron chi connectivity index (χ1n) is 10.6. The van der Waals surface area contributed by atoms with Crippen LogP contribution in [0.1, 0.15) is 35.3 Å². The molecule has 0 aliphatic rings. The zero-order valence-corrected chi connectivity index (χ0v) is 18.9. The molecule has 3 aromatic rings. The number of para-hydroxylation sites is 1. The molecule has 0 fully saturated rings. The van der Waals surface area contributed by atoms with Gasteiger partial charge in [-0.3, -0.25) is 9.59 Å². The van der Waals surface area contributed by atoms with E-state index >= 15 is 0 Å². The van der Waals surface area contributed by atoms with Crippen molar-refractivity contribution >= 4 is 11.8 Å². The van der Waals surface area contributed by atoms with Gasteiger partial charge in [-0.1, -0.05) is 30.3 Å². The van der Waals surface area contributed by atoms with Crippen LogP contribution in [0, 0.1) is 13.8 Å². The standard InChI is InChI=1S/C25H30N4O2/c1-6-28(7-2)23(30)17-27(5)25(31)22-16-29(21-11-9-8-10-12-21)26-24(22)20-14-13-18(3)19(4)15-20/h8-16H,6-7,17H2,1-5H3. The van der Waals surface area contributed by atoms with E-state index in [1.54, 1.807) is 22.8 Å². The molecule has 3 rings (SSSR count). The molecule has 2 amide bonds. The Morgan fingerprint density at radius 1 is 0.968 bits per heavy atom. The van der Waals surface area contributed by atoms with Crippen LogP contribution in [-0.4, -0.2) is 58.1 Å². The van der Waals surface area contributed by atoms with E-state index in [1.165, 1.54) is 10.5 Å². The average molecular weight is 419 g/mol. The van der Waals surface area contributed by atoms with E-state index < -0.39 is 0 Å². The number of hydrogen-bond acceptors (Lipinski definition) is 3. The Hall–Kier alpha value is -3.41. The minimum Gasteiger partial charge on any atom is -0.342 e. The van der Waals surface area contributed by atoms with Crippen molar-refractivity contribution in [2.45, 2.75) is 27.7 Å². The lowest BCUT2D eigenvalue weighted by Gasteiger charge is -2.23. The molecule has 0 spiro atoms. The fourth-order valence-electron chi connectivity index (χ4n) is 3.50. The van der Waals surface area contributed by atoms with E-state index in [1.807, 2.05) is 69.3 Å². The second-order valence-electron chi connectivity index (χ2n) is 7.70. The second-order valence-corrected chi connectivity index (χ2v) is 7.70. The number of likely N-dealkylation sites (N-methyl/N-ethyl adjacent to an activating group) is 2. The summed E-state index contributed by atoms with van der Waals surface area (Å²) < 4.78 is 1.72. The predicted octanol–water partition coefficient (Wildman–Crippen LogP) is 4.10. The maximum atomic E-state index is 13.4. The number of hydrogen-bond donors (Lipinski definition) is 0. The van der Waals surface area contributed by atoms with Crippen LogP contribution in [0.2, 0.25) is 0 Å². The molecule has 1 heterocycles. The van der Waals surface area contributed by atoms with Crippen molar-refractivity contribution in [1.29, 1.82) is 0 Å². The van der Waals surface area contributed by atoms with Gasteiger partial charge >= 0.3 is 0 Å². The molecule has 162 valence electrons. The van der Waals surface area contributed by atoms with Crippen LogP contribution in [0.15, 0.2) is 54.7 Å². The van der Waals surface area contributed by atoms with Gasteiger partial charge < -0.3 is 9.80 Å². The largest absolute Gasteiger partial charge is 0.342 e. The van der Waals surface area contributed by atoms with Crippen LogP contribution in [0.5, 0.6) is 0 Å². The zero-order valence-electron chi connectivity index (χ0n) is 18.9. The SMILES string of the molecule is CCN(CC)C(=O)CN(C)C(=O)c1cn(-c2ccccc2)nc1-c1ccc(C)c(C)c1. The summed E-state index contributed by atoms with van der Waals surface area (Å²) in [5, 5.41) is 4.75. The van der Waals surface area contributed by atoms with E-state index in [2.05, 4.69) is 6.92 Å². The van der Waals surface area contributed by atoms with Crippen LogP contribution < -0.4 is 0 Å². The van der Waals surface area contributed by atoms with Gasteiger partial charge in [-0.2, -0.15) is 5.10 Å². The molecule has 0 aliphatic heterocycles. The highest BCUT2D eigenvalue weighted by atomic mass is 16.2. The van der Waals surface area contributed by atoms with Gasteiger partial charge in [0.25, 0.3) is 5.91 Å². The van der Waals surface area contributed by atoms with E-state index in [0.717, 1.165) is 16.8 Å². The lowest BCUT2D eigenvalue weighted by atomic mass is 10.0. The molecular formula is C25H30N4O2. The van der Waals surface area contributed by atoms with Gasteiger partial charge in [0.2, 0.25) is 5.91 Å². The van der Waals surface area contributed by atoms with Crippen LogP contribution >= 0.6 is 0 Å². The predicted molar refractivity (Wildman–Crippen MR) is 123 cm³/mol. The van der Waals surface area contributed by atoms with Gasteiger partial charge in [-0.25, -0.2) is 4.68 Å². The minimum absolute atomic E-state index is 0.0311. The summed E-state index contributed by atoms with van der Waals surface area (Å²) in [6.07, 6.45) is 1.75. The summed E-state index contributed by atoms with van der Waals surface area (Å²) in [7, 11) is 1.66. The summed E-state index contributed by atoms with van der Waals surface area (Å²) in [4.78, 5) is 29.1. The first-order valence-corrected chi connectivity index (χ1v) is 10.6. The Balaban J connectivity index is 2.01. The van der Waals surface area contributed by atoms with Gasteiger partial charge in [0.05, 0.1) is 17.8 Å². The Morgan fingerprint density at radius 3 is 2.26 bits per heavy atom. The summed E-state index contributed by atoms with van der Waals surface area (Å²) in [6.45, 7) is 9.25. The van der Waals surface area contributed by atoms with Gasteiger partial charge in [0, 0.05) is 31.9 Å². The van der Waals surface area contributed by atoms with Gasteiger partial charge in [0.15, 0.2) is 0 Å². The Kier molecular flexibility index (Phi) is 6.90. The van der Waals surface area contributed by atoms with E-state index in [0.29, 0.717) is 24.3 Å². The maximum Gasteiger partial charge on any atom is 0.257 e. The minimum atomic E-state index is -0.226. The highest BCUT2D eigenvalue weighted by molar-refractivity contribution is 6.01. The maximum absolute atomic E-state index is 13.4. The lowest BCUT2D eigenvalue weighted by molar-refractivity contribution is -0.131. The van der Waals surface area contributed by atoms with E-state index in [4.69, 9.17) is 5.10 Å². The number of rotatable bonds is 7. The Labute approximate surface area is 184 Å². The first kappa shape index (κ1) is 22.3. The molecule has 0 aliphatic carbocycles. The zero-order chi connectivity index (χ0) is 22.5. The number of carbonyl (C=O) groups is 2. The van der Waals surface area contributed by atoms with Gasteiger partial charge in [0.1, 0.15) is 5.69 Å². The second kappa shape index (κ2) is 9.60. The Bertz CT molecular complexity index is 1070. The van der Waals surface area contributed by atoms with Crippen molar-refractivity contribution in [3.63, 3.8) is 0 Å². The molecular weight excluding hydrogens is 388 g/mol. The molecule has 6 nitrogen and oxygen atoms in total. The number of nitrogens with zero attached hydrogens (tertiary/aromatic N) is 4. The number of carbonyl (C=O) groups excluding carboxylic acids is 2. The summed E-state index contributed by atoms with van der Waals surface area (Å²) in [5.41, 5.74) is 5.15. The Morgan fingerprint density at radius 2 is 1.65 bits per heavy atom. The third-order valence-corrected chi connectivity index (χ3v) is 5.58. The van der Waals surface area contributed by atoms with E-state index in [-0.39, 0.29) is 18.4 Å². The first-order chi connectivity index (χ1) is 14.8. The number of benzene rings is 2.